The van der Waals surface area contributed by atoms with Crippen LogP contribution in [0, 0.1) is 17.2 Å². The molecule has 0 radical (unpaired) electrons. The van der Waals surface area contributed by atoms with E-state index in [9.17, 15) is 14.4 Å². The fourth-order valence-electron chi connectivity index (χ4n) is 3.35. The van der Waals surface area contributed by atoms with E-state index < -0.39 is 11.9 Å². The van der Waals surface area contributed by atoms with Crippen molar-refractivity contribution in [3.05, 3.63) is 24.3 Å². The molecule has 0 bridgehead atoms. The highest BCUT2D eigenvalue weighted by atomic mass is 32.2. The number of hydrogen-bond acceptors (Lipinski definition) is 8. The van der Waals surface area contributed by atoms with Gasteiger partial charge < -0.3 is 30.1 Å². The van der Waals surface area contributed by atoms with Crippen LogP contribution in [0.2, 0.25) is 0 Å². The molecule has 3 unspecified atom stereocenters. The van der Waals surface area contributed by atoms with Crippen LogP contribution in [-0.4, -0.2) is 78.4 Å². The molecule has 1 heterocycles. The molecule has 0 aromatic heterocycles. The van der Waals surface area contributed by atoms with Crippen LogP contribution in [0.25, 0.3) is 0 Å². The number of nitriles is 1. The minimum absolute atomic E-state index is 0.0362. The highest BCUT2D eigenvalue weighted by Gasteiger charge is 2.40. The van der Waals surface area contributed by atoms with E-state index in [0.29, 0.717) is 38.4 Å². The number of carboxylic acid groups (broad SMARTS) is 1. The van der Waals surface area contributed by atoms with Crippen molar-refractivity contribution in [2.45, 2.75) is 30.4 Å². The molecule has 3 atom stereocenters. The summed E-state index contributed by atoms with van der Waals surface area (Å²) < 4.78 is 10.1. The maximum atomic E-state index is 12.7. The minimum Gasteiger partial charge on any atom is -0.480 e. The Kier molecular flexibility index (Phi) is 11.0. The number of anilines is 2. The number of aliphatic carboxylic acids is 1. The van der Waals surface area contributed by atoms with Gasteiger partial charge in [0.15, 0.2) is 0 Å². The molecule has 2 amide bonds. The van der Waals surface area contributed by atoms with Gasteiger partial charge in [-0.25, -0.2) is 0 Å². The Morgan fingerprint density at radius 2 is 2.09 bits per heavy atom. The number of carbonyl (C=O) groups is 3. The summed E-state index contributed by atoms with van der Waals surface area (Å²) in [6, 6.07) is 9.03. The lowest BCUT2D eigenvalue weighted by Gasteiger charge is -2.22. The van der Waals surface area contributed by atoms with Crippen molar-refractivity contribution >= 4 is 40.9 Å². The van der Waals surface area contributed by atoms with Crippen molar-refractivity contribution in [3.8, 4) is 6.07 Å². The standard InChI is InChI=1S/C22H30N4O6S/c1-3-26-20(11-15(13-23)22(29)30)33-18(21(26)28)7-8-24-16-5-4-6-17(12-16)25-19(27)14-32-10-9-31-2/h4-6,12,15,18,20,24H,3,7-11,14H2,1-2H3,(H,25,27)(H,29,30). The van der Waals surface area contributed by atoms with E-state index >= 15 is 0 Å². The fourth-order valence-corrected chi connectivity index (χ4v) is 4.94. The molecule has 1 aromatic carbocycles. The molecule has 0 spiro atoms. The number of carbonyl (C=O) groups excluding carboxylic acids is 2. The molecule has 0 aliphatic carbocycles. The number of thioether (sulfide) groups is 1. The molecule has 2 rings (SSSR count). The topological polar surface area (TPSA) is 141 Å². The molecule has 3 N–H and O–H groups in total. The predicted molar refractivity (Wildman–Crippen MR) is 125 cm³/mol. The normalized spacial score (nSPS) is 18.6. The number of methoxy groups -OCH3 is 1. The third kappa shape index (κ3) is 8.24. The van der Waals surface area contributed by atoms with Crippen molar-refractivity contribution in [3.63, 3.8) is 0 Å². The summed E-state index contributed by atoms with van der Waals surface area (Å²) in [6.07, 6.45) is 0.654. The average Bonchev–Trinajstić information content (AvgIpc) is 3.09. The first-order chi connectivity index (χ1) is 15.9. The largest absolute Gasteiger partial charge is 0.480 e. The number of rotatable bonds is 14. The van der Waals surface area contributed by atoms with Crippen molar-refractivity contribution in [1.29, 1.82) is 5.26 Å². The second-order valence-corrected chi connectivity index (χ2v) is 8.73. The third-order valence-corrected chi connectivity index (χ3v) is 6.53. The Labute approximate surface area is 197 Å². The van der Waals surface area contributed by atoms with Crippen molar-refractivity contribution < 1.29 is 29.0 Å². The van der Waals surface area contributed by atoms with Crippen LogP contribution in [0.3, 0.4) is 0 Å². The van der Waals surface area contributed by atoms with Gasteiger partial charge in [-0.2, -0.15) is 5.26 Å². The molecule has 1 aromatic rings. The predicted octanol–water partition coefficient (Wildman–Crippen LogP) is 1.99. The summed E-state index contributed by atoms with van der Waals surface area (Å²) in [5.41, 5.74) is 1.42. The van der Waals surface area contributed by atoms with Crippen LogP contribution in [-0.2, 0) is 23.9 Å². The highest BCUT2D eigenvalue weighted by molar-refractivity contribution is 8.01. The smallest absolute Gasteiger partial charge is 0.321 e. The van der Waals surface area contributed by atoms with E-state index in [-0.39, 0.29) is 35.5 Å². The number of carboxylic acids is 1. The van der Waals surface area contributed by atoms with E-state index in [1.807, 2.05) is 19.1 Å². The molecular formula is C22H30N4O6S. The van der Waals surface area contributed by atoms with Crippen molar-refractivity contribution in [1.82, 2.24) is 4.90 Å². The van der Waals surface area contributed by atoms with Gasteiger partial charge in [0.05, 0.1) is 29.9 Å². The quantitative estimate of drug-likeness (QED) is 0.342. The van der Waals surface area contributed by atoms with E-state index in [2.05, 4.69) is 10.6 Å². The van der Waals surface area contributed by atoms with Gasteiger partial charge in [0.25, 0.3) is 0 Å². The number of nitrogens with one attached hydrogen (secondary N) is 2. The Morgan fingerprint density at radius 3 is 2.76 bits per heavy atom. The lowest BCUT2D eigenvalue weighted by atomic mass is 10.1. The second-order valence-electron chi connectivity index (χ2n) is 7.35. The average molecular weight is 479 g/mol. The Hall–Kier alpha value is -2.81. The Balaban J connectivity index is 1.84. The van der Waals surface area contributed by atoms with Crippen LogP contribution < -0.4 is 10.6 Å². The minimum atomic E-state index is -1.17. The van der Waals surface area contributed by atoms with Gasteiger partial charge in [0.1, 0.15) is 12.5 Å². The number of amides is 2. The van der Waals surface area contributed by atoms with Crippen LogP contribution >= 0.6 is 11.8 Å². The first-order valence-electron chi connectivity index (χ1n) is 10.7. The molecule has 0 saturated carbocycles. The second kappa shape index (κ2) is 13.7. The van der Waals surface area contributed by atoms with E-state index in [1.165, 1.54) is 11.8 Å². The fraction of sp³-hybridized carbons (Fsp3) is 0.545. The molecule has 1 aliphatic rings. The maximum Gasteiger partial charge on any atom is 0.321 e. The van der Waals surface area contributed by atoms with E-state index in [1.54, 1.807) is 30.2 Å². The van der Waals surface area contributed by atoms with Gasteiger partial charge in [-0.15, -0.1) is 11.8 Å². The lowest BCUT2D eigenvalue weighted by Crippen LogP contribution is -2.36. The zero-order valence-corrected chi connectivity index (χ0v) is 19.6. The van der Waals surface area contributed by atoms with Gasteiger partial charge in [0, 0.05) is 38.0 Å². The molecule has 180 valence electrons. The zero-order chi connectivity index (χ0) is 24.2. The van der Waals surface area contributed by atoms with Gasteiger partial charge in [-0.3, -0.25) is 14.4 Å². The molecular weight excluding hydrogens is 448 g/mol. The molecule has 33 heavy (non-hydrogen) atoms. The SMILES string of the molecule is CCN1C(=O)C(CCNc2cccc(NC(=O)COCCOC)c2)SC1CC(C#N)C(=O)O. The van der Waals surface area contributed by atoms with Gasteiger partial charge in [0.2, 0.25) is 11.8 Å². The van der Waals surface area contributed by atoms with Crippen molar-refractivity contribution in [2.24, 2.45) is 5.92 Å². The number of hydrogen-bond donors (Lipinski definition) is 3. The number of ether oxygens (including phenoxy) is 2. The highest BCUT2D eigenvalue weighted by Crippen LogP contribution is 2.36. The van der Waals surface area contributed by atoms with Crippen LogP contribution in [0.1, 0.15) is 19.8 Å². The van der Waals surface area contributed by atoms with Crippen LogP contribution in [0.4, 0.5) is 11.4 Å². The molecule has 1 aliphatic heterocycles. The summed E-state index contributed by atoms with van der Waals surface area (Å²) in [5.74, 6) is -2.60. The molecule has 11 heteroatoms. The third-order valence-electron chi connectivity index (χ3n) is 5.01. The first kappa shape index (κ1) is 26.4. The zero-order valence-electron chi connectivity index (χ0n) is 18.8. The summed E-state index contributed by atoms with van der Waals surface area (Å²) in [6.45, 7) is 3.53. The first-order valence-corrected chi connectivity index (χ1v) is 11.6. The van der Waals surface area contributed by atoms with Crippen LogP contribution in [0.15, 0.2) is 24.3 Å². The summed E-state index contributed by atoms with van der Waals surface area (Å²) in [4.78, 5) is 37.5. The number of nitrogens with zero attached hydrogens (tertiary/aromatic N) is 2. The van der Waals surface area contributed by atoms with E-state index in [4.69, 9.17) is 19.8 Å². The van der Waals surface area contributed by atoms with Gasteiger partial charge in [-0.1, -0.05) is 6.07 Å². The number of benzene rings is 1. The molecule has 1 saturated heterocycles. The van der Waals surface area contributed by atoms with Crippen LogP contribution in [0.5, 0.6) is 0 Å². The Morgan fingerprint density at radius 1 is 1.33 bits per heavy atom. The summed E-state index contributed by atoms with van der Waals surface area (Å²) in [7, 11) is 1.56. The summed E-state index contributed by atoms with van der Waals surface area (Å²) in [5, 5.41) is 23.6. The maximum absolute atomic E-state index is 12.7. The van der Waals surface area contributed by atoms with Crippen molar-refractivity contribution in [2.75, 3.05) is 50.7 Å². The lowest BCUT2D eigenvalue weighted by molar-refractivity contribution is -0.141. The monoisotopic (exact) mass is 478 g/mol. The van der Waals surface area contributed by atoms with Gasteiger partial charge in [-0.05, 0) is 31.5 Å². The molecule has 10 nitrogen and oxygen atoms in total. The van der Waals surface area contributed by atoms with E-state index in [0.717, 1.165) is 5.69 Å². The molecule has 1 fully saturated rings. The Bertz CT molecular complexity index is 862. The summed E-state index contributed by atoms with van der Waals surface area (Å²) >= 11 is 1.41. The van der Waals surface area contributed by atoms with Gasteiger partial charge >= 0.3 is 5.97 Å².